The van der Waals surface area contributed by atoms with Gasteiger partial charge in [0.05, 0.1) is 0 Å². The monoisotopic (exact) mass is 148 g/mol. The molecule has 0 aromatic heterocycles. The van der Waals surface area contributed by atoms with Gasteiger partial charge in [0.25, 0.3) is 0 Å². The first-order valence-corrected chi connectivity index (χ1v) is 4.55. The van der Waals surface area contributed by atoms with Crippen molar-refractivity contribution >= 4 is 0 Å². The Bertz CT molecular complexity index is 151. The van der Waals surface area contributed by atoms with Gasteiger partial charge in [-0.3, -0.25) is 0 Å². The van der Waals surface area contributed by atoms with Crippen molar-refractivity contribution in [3.8, 4) is 0 Å². The smallest absolute Gasteiger partial charge is 0.0378 e. The van der Waals surface area contributed by atoms with E-state index in [-0.39, 0.29) is 0 Å². The van der Waals surface area contributed by atoms with E-state index in [1.165, 1.54) is 37.7 Å². The van der Waals surface area contributed by atoms with Gasteiger partial charge in [-0.05, 0) is 12.8 Å². The third kappa shape index (κ3) is 3.41. The Kier molecular flexibility index (Phi) is 4.03. The number of hydrogen-bond acceptors (Lipinski definition) is 0. The standard InChI is InChI=1S/C11H16/c1-2-3-4-5-8-11-9-6-7-10-11/h6-7,9H,2-5,8H2,1H3. The first-order chi connectivity index (χ1) is 5.43. The Morgan fingerprint density at radius 1 is 1.27 bits per heavy atom. The minimum atomic E-state index is 1.22. The van der Waals surface area contributed by atoms with Gasteiger partial charge in [0.2, 0.25) is 0 Å². The van der Waals surface area contributed by atoms with Gasteiger partial charge in [0, 0.05) is 6.42 Å². The number of allylic oxidation sites excluding steroid dienone is 4. The van der Waals surface area contributed by atoms with Gasteiger partial charge in [-0.1, -0.05) is 50.0 Å². The maximum absolute atomic E-state index is 3.21. The van der Waals surface area contributed by atoms with E-state index in [0.29, 0.717) is 0 Å². The van der Waals surface area contributed by atoms with Gasteiger partial charge in [-0.15, -0.1) is 0 Å². The molecule has 0 spiro atoms. The highest BCUT2D eigenvalue weighted by Gasteiger charge is 1.98. The molecule has 0 aromatic rings. The lowest BCUT2D eigenvalue weighted by molar-refractivity contribution is 0.667. The molecule has 0 heterocycles. The van der Waals surface area contributed by atoms with Crippen LogP contribution in [0.25, 0.3) is 0 Å². The molecule has 1 aliphatic carbocycles. The highest BCUT2D eigenvalue weighted by molar-refractivity contribution is 5.33. The molecule has 0 atom stereocenters. The zero-order valence-electron chi connectivity index (χ0n) is 7.27. The molecule has 1 rings (SSSR count). The maximum Gasteiger partial charge on any atom is 0.0378 e. The molecule has 0 N–H and O–H groups in total. The van der Waals surface area contributed by atoms with Crippen LogP contribution in [0.15, 0.2) is 23.8 Å². The molecule has 0 unspecified atom stereocenters. The maximum atomic E-state index is 3.21. The van der Waals surface area contributed by atoms with E-state index in [2.05, 4.69) is 25.5 Å². The molecule has 0 saturated heterocycles. The minimum absolute atomic E-state index is 1.22. The predicted octanol–water partition coefficient (Wildman–Crippen LogP) is 3.53. The average molecular weight is 148 g/mol. The molecular weight excluding hydrogens is 132 g/mol. The Hall–Kier alpha value is -0.520. The van der Waals surface area contributed by atoms with Crippen LogP contribution in [0.4, 0.5) is 0 Å². The lowest BCUT2D eigenvalue weighted by Crippen LogP contribution is -1.81. The fourth-order valence-corrected chi connectivity index (χ4v) is 1.27. The SMILES string of the molecule is CCCCCCC1=CC=C[C]1. The van der Waals surface area contributed by atoms with Crippen LogP contribution in [0.3, 0.4) is 0 Å². The summed E-state index contributed by atoms with van der Waals surface area (Å²) in [6.45, 7) is 2.24. The summed E-state index contributed by atoms with van der Waals surface area (Å²) >= 11 is 0. The minimum Gasteiger partial charge on any atom is -0.0718 e. The Morgan fingerprint density at radius 2 is 2.18 bits per heavy atom. The van der Waals surface area contributed by atoms with E-state index in [0.717, 1.165) is 0 Å². The summed E-state index contributed by atoms with van der Waals surface area (Å²) < 4.78 is 0. The molecule has 11 heavy (non-hydrogen) atoms. The van der Waals surface area contributed by atoms with Crippen LogP contribution in [0.2, 0.25) is 0 Å². The molecule has 0 saturated carbocycles. The normalized spacial score (nSPS) is 15.5. The summed E-state index contributed by atoms with van der Waals surface area (Å²) in [5, 5.41) is 0. The lowest BCUT2D eigenvalue weighted by atomic mass is 10.1. The molecule has 0 nitrogen and oxygen atoms in total. The van der Waals surface area contributed by atoms with E-state index in [9.17, 15) is 0 Å². The molecule has 0 aliphatic heterocycles. The molecule has 0 bridgehead atoms. The number of unbranched alkanes of at least 4 members (excludes halogenated alkanes) is 3. The summed E-state index contributed by atoms with van der Waals surface area (Å²) in [4.78, 5) is 0. The third-order valence-electron chi connectivity index (χ3n) is 1.96. The Balaban J connectivity index is 1.95. The fourth-order valence-electron chi connectivity index (χ4n) is 1.27. The van der Waals surface area contributed by atoms with Gasteiger partial charge < -0.3 is 0 Å². The molecule has 60 valence electrons. The quantitative estimate of drug-likeness (QED) is 0.523. The van der Waals surface area contributed by atoms with Gasteiger partial charge >= 0.3 is 0 Å². The van der Waals surface area contributed by atoms with Crippen molar-refractivity contribution in [1.82, 2.24) is 0 Å². The van der Waals surface area contributed by atoms with Gasteiger partial charge in [0.1, 0.15) is 0 Å². The van der Waals surface area contributed by atoms with Crippen molar-refractivity contribution in [2.45, 2.75) is 39.0 Å². The second kappa shape index (κ2) is 5.17. The van der Waals surface area contributed by atoms with Gasteiger partial charge in [-0.2, -0.15) is 0 Å². The summed E-state index contributed by atoms with van der Waals surface area (Å²) in [6.07, 6.45) is 16.0. The molecule has 1 aliphatic rings. The molecule has 0 heteroatoms. The molecule has 2 radical (unpaired) electrons. The number of rotatable bonds is 5. The highest BCUT2D eigenvalue weighted by atomic mass is 14.0. The van der Waals surface area contributed by atoms with Crippen molar-refractivity contribution < 1.29 is 0 Å². The van der Waals surface area contributed by atoms with Crippen LogP contribution in [-0.4, -0.2) is 0 Å². The van der Waals surface area contributed by atoms with Crippen LogP contribution in [0, 0.1) is 6.42 Å². The first-order valence-electron chi connectivity index (χ1n) is 4.55. The summed E-state index contributed by atoms with van der Waals surface area (Å²) in [7, 11) is 0. The van der Waals surface area contributed by atoms with E-state index in [4.69, 9.17) is 0 Å². The fraction of sp³-hybridized carbons (Fsp3) is 0.545. The van der Waals surface area contributed by atoms with Crippen molar-refractivity contribution in [1.29, 1.82) is 0 Å². The number of hydrogen-bond donors (Lipinski definition) is 0. The van der Waals surface area contributed by atoms with Crippen LogP contribution < -0.4 is 0 Å². The van der Waals surface area contributed by atoms with E-state index < -0.39 is 0 Å². The van der Waals surface area contributed by atoms with E-state index >= 15 is 0 Å². The van der Waals surface area contributed by atoms with Crippen LogP contribution in [0.5, 0.6) is 0 Å². The topological polar surface area (TPSA) is 0 Å². The molecule has 0 amide bonds. The Morgan fingerprint density at radius 3 is 2.82 bits per heavy atom. The van der Waals surface area contributed by atoms with Crippen LogP contribution in [-0.2, 0) is 0 Å². The Labute approximate surface area is 70.0 Å². The van der Waals surface area contributed by atoms with Crippen LogP contribution in [0.1, 0.15) is 39.0 Å². The van der Waals surface area contributed by atoms with E-state index in [1.54, 1.807) is 0 Å². The average Bonchev–Trinajstić information content (AvgIpc) is 2.50. The van der Waals surface area contributed by atoms with Crippen molar-refractivity contribution in [2.24, 2.45) is 0 Å². The molecule has 0 fully saturated rings. The van der Waals surface area contributed by atoms with Gasteiger partial charge in [0.15, 0.2) is 0 Å². The van der Waals surface area contributed by atoms with Crippen molar-refractivity contribution in [3.63, 3.8) is 0 Å². The van der Waals surface area contributed by atoms with Gasteiger partial charge in [-0.25, -0.2) is 0 Å². The second-order valence-corrected chi connectivity index (χ2v) is 3.01. The van der Waals surface area contributed by atoms with E-state index in [1.807, 2.05) is 6.08 Å². The largest absolute Gasteiger partial charge is 0.0718 e. The van der Waals surface area contributed by atoms with Crippen molar-refractivity contribution in [2.75, 3.05) is 0 Å². The highest BCUT2D eigenvalue weighted by Crippen LogP contribution is 2.16. The summed E-state index contributed by atoms with van der Waals surface area (Å²) in [6, 6.07) is 0. The predicted molar refractivity (Wildman–Crippen MR) is 49.2 cm³/mol. The zero-order chi connectivity index (χ0) is 7.94. The lowest BCUT2D eigenvalue weighted by Gasteiger charge is -1.99. The first kappa shape index (κ1) is 8.58. The van der Waals surface area contributed by atoms with Crippen LogP contribution >= 0.6 is 0 Å². The van der Waals surface area contributed by atoms with Crippen molar-refractivity contribution in [3.05, 3.63) is 30.2 Å². The molecular formula is C11H16. The summed E-state index contributed by atoms with van der Waals surface area (Å²) in [5.74, 6) is 0. The third-order valence-corrected chi connectivity index (χ3v) is 1.96. The second-order valence-electron chi connectivity index (χ2n) is 3.01. The molecule has 0 aromatic carbocycles. The summed E-state index contributed by atoms with van der Waals surface area (Å²) in [5.41, 5.74) is 1.38. The zero-order valence-corrected chi connectivity index (χ0v) is 7.27.